The zero-order valence-electron chi connectivity index (χ0n) is 12.6. The van der Waals surface area contributed by atoms with Crippen LogP contribution in [-0.2, 0) is 20.7 Å². The summed E-state index contributed by atoms with van der Waals surface area (Å²) in [5.41, 5.74) is 0.584. The highest BCUT2D eigenvalue weighted by Crippen LogP contribution is 2.25. The lowest BCUT2D eigenvalue weighted by Crippen LogP contribution is -2.48. The summed E-state index contributed by atoms with van der Waals surface area (Å²) in [5, 5.41) is 0.238. The Morgan fingerprint density at radius 2 is 2.14 bits per heavy atom. The predicted octanol–water partition coefficient (Wildman–Crippen LogP) is 2.82. The number of nitrogens with zero attached hydrogens (tertiary/aromatic N) is 1. The van der Waals surface area contributed by atoms with E-state index in [9.17, 15) is 14.0 Å². The molecule has 0 unspecified atom stereocenters. The van der Waals surface area contributed by atoms with Gasteiger partial charge in [-0.15, -0.1) is 0 Å². The second kappa shape index (κ2) is 7.09. The maximum Gasteiger partial charge on any atom is 0.310 e. The normalized spacial score (nSPS) is 21.5. The number of hydrogen-bond donors (Lipinski definition) is 0. The van der Waals surface area contributed by atoms with E-state index in [4.69, 9.17) is 16.3 Å². The lowest BCUT2D eigenvalue weighted by molar-refractivity contribution is -0.150. The largest absolute Gasteiger partial charge is 0.469 e. The summed E-state index contributed by atoms with van der Waals surface area (Å²) in [5.74, 6) is -1.12. The number of halogens is 2. The summed E-state index contributed by atoms with van der Waals surface area (Å²) >= 11 is 5.97. The van der Waals surface area contributed by atoms with E-state index in [0.717, 1.165) is 12.8 Å². The number of carbonyl (C=O) groups excluding carboxylic acids is 2. The van der Waals surface area contributed by atoms with Gasteiger partial charge in [0.15, 0.2) is 0 Å². The summed E-state index contributed by atoms with van der Waals surface area (Å²) in [7, 11) is 1.35. The molecule has 4 nitrogen and oxygen atoms in total. The van der Waals surface area contributed by atoms with Crippen molar-refractivity contribution in [1.29, 1.82) is 0 Å². The summed E-state index contributed by atoms with van der Waals surface area (Å²) in [6, 6.07) is 4.06. The van der Waals surface area contributed by atoms with Gasteiger partial charge in [-0.3, -0.25) is 9.59 Å². The third kappa shape index (κ3) is 3.77. The molecule has 1 fully saturated rings. The minimum absolute atomic E-state index is 0.0626. The van der Waals surface area contributed by atoms with Crippen LogP contribution in [0.4, 0.5) is 4.39 Å². The van der Waals surface area contributed by atoms with Gasteiger partial charge in [-0.2, -0.15) is 0 Å². The zero-order valence-corrected chi connectivity index (χ0v) is 13.4. The Kier molecular flexibility index (Phi) is 5.40. The molecule has 6 heteroatoms. The van der Waals surface area contributed by atoms with E-state index in [1.165, 1.54) is 25.3 Å². The minimum Gasteiger partial charge on any atom is -0.469 e. The Bertz CT molecular complexity index is 579. The van der Waals surface area contributed by atoms with Crippen LogP contribution in [0.5, 0.6) is 0 Å². The Labute approximate surface area is 134 Å². The van der Waals surface area contributed by atoms with Gasteiger partial charge in [0.05, 0.1) is 19.4 Å². The van der Waals surface area contributed by atoms with Crippen LogP contribution >= 0.6 is 11.6 Å². The van der Waals surface area contributed by atoms with E-state index >= 15 is 0 Å². The third-order valence-corrected chi connectivity index (χ3v) is 4.45. The van der Waals surface area contributed by atoms with Crippen LogP contribution in [0.1, 0.15) is 25.3 Å². The molecular weight excluding hydrogens is 309 g/mol. The Hall–Kier alpha value is -1.62. The van der Waals surface area contributed by atoms with E-state index in [2.05, 4.69) is 0 Å². The van der Waals surface area contributed by atoms with Gasteiger partial charge in [0.2, 0.25) is 5.91 Å². The van der Waals surface area contributed by atoms with E-state index in [-0.39, 0.29) is 35.3 Å². The highest BCUT2D eigenvalue weighted by Gasteiger charge is 2.33. The fraction of sp³-hybridized carbons (Fsp3) is 0.500. The molecule has 1 aliphatic rings. The molecule has 1 amide bonds. The van der Waals surface area contributed by atoms with Crippen LogP contribution in [0.25, 0.3) is 0 Å². The molecule has 0 aromatic heterocycles. The highest BCUT2D eigenvalue weighted by atomic mass is 35.5. The molecule has 2 atom stereocenters. The van der Waals surface area contributed by atoms with Crippen molar-refractivity contribution in [3.63, 3.8) is 0 Å². The molecule has 0 bridgehead atoms. The van der Waals surface area contributed by atoms with Crippen molar-refractivity contribution in [2.24, 2.45) is 5.92 Å². The molecule has 2 rings (SSSR count). The number of esters is 1. The first-order valence-corrected chi connectivity index (χ1v) is 7.61. The van der Waals surface area contributed by atoms with Crippen molar-refractivity contribution in [3.8, 4) is 0 Å². The lowest BCUT2D eigenvalue weighted by atomic mass is 9.93. The number of likely N-dealkylation sites (tertiary alicyclic amines) is 1. The maximum absolute atomic E-state index is 13.0. The van der Waals surface area contributed by atoms with Gasteiger partial charge in [0.25, 0.3) is 0 Å². The van der Waals surface area contributed by atoms with Crippen LogP contribution in [0.3, 0.4) is 0 Å². The second-order valence-electron chi connectivity index (χ2n) is 5.61. The number of carbonyl (C=O) groups is 2. The molecule has 1 saturated heterocycles. The zero-order chi connectivity index (χ0) is 16.3. The molecule has 1 heterocycles. The summed E-state index contributed by atoms with van der Waals surface area (Å²) in [4.78, 5) is 25.8. The molecule has 0 N–H and O–H groups in total. The van der Waals surface area contributed by atoms with Crippen LogP contribution < -0.4 is 0 Å². The van der Waals surface area contributed by atoms with Gasteiger partial charge in [0, 0.05) is 17.6 Å². The number of ether oxygens (including phenoxy) is 1. The Morgan fingerprint density at radius 3 is 2.77 bits per heavy atom. The maximum atomic E-state index is 13.0. The fourth-order valence-corrected chi connectivity index (χ4v) is 2.98. The molecule has 1 aliphatic heterocycles. The average molecular weight is 328 g/mol. The van der Waals surface area contributed by atoms with E-state index in [0.29, 0.717) is 12.1 Å². The summed E-state index contributed by atoms with van der Waals surface area (Å²) in [6.45, 7) is 2.31. The highest BCUT2D eigenvalue weighted by molar-refractivity contribution is 6.31. The van der Waals surface area contributed by atoms with Crippen LogP contribution in [0, 0.1) is 11.7 Å². The topological polar surface area (TPSA) is 46.6 Å². The number of piperidine rings is 1. The number of benzene rings is 1. The first-order chi connectivity index (χ1) is 10.4. The van der Waals surface area contributed by atoms with Crippen molar-refractivity contribution in [3.05, 3.63) is 34.6 Å². The number of amides is 1. The molecule has 0 saturated carbocycles. The van der Waals surface area contributed by atoms with E-state index in [1.807, 2.05) is 6.92 Å². The van der Waals surface area contributed by atoms with Crippen molar-refractivity contribution < 1.29 is 18.7 Å². The lowest BCUT2D eigenvalue weighted by Gasteiger charge is -2.37. The van der Waals surface area contributed by atoms with Gasteiger partial charge >= 0.3 is 5.97 Å². The number of hydrogen-bond acceptors (Lipinski definition) is 3. The molecule has 22 heavy (non-hydrogen) atoms. The predicted molar refractivity (Wildman–Crippen MR) is 81.0 cm³/mol. The van der Waals surface area contributed by atoms with Crippen LogP contribution in [0.2, 0.25) is 5.02 Å². The van der Waals surface area contributed by atoms with Gasteiger partial charge in [0.1, 0.15) is 5.82 Å². The van der Waals surface area contributed by atoms with Crippen LogP contribution in [0.15, 0.2) is 18.2 Å². The van der Waals surface area contributed by atoms with Gasteiger partial charge in [-0.25, -0.2) is 4.39 Å². The first-order valence-electron chi connectivity index (χ1n) is 7.23. The molecule has 0 radical (unpaired) electrons. The monoisotopic (exact) mass is 327 g/mol. The van der Waals surface area contributed by atoms with Gasteiger partial charge in [-0.1, -0.05) is 17.7 Å². The van der Waals surface area contributed by atoms with Crippen LogP contribution in [-0.4, -0.2) is 36.5 Å². The SMILES string of the molecule is COC(=O)[C@@H]1CC[C@H](C)N(C(=O)Cc2ccc(F)cc2Cl)C1. The van der Waals surface area contributed by atoms with Gasteiger partial charge < -0.3 is 9.64 Å². The molecule has 120 valence electrons. The number of rotatable bonds is 3. The van der Waals surface area contributed by atoms with Crippen molar-refractivity contribution in [2.75, 3.05) is 13.7 Å². The standard InChI is InChI=1S/C16H19ClFNO3/c1-10-3-4-12(16(21)22-2)9-19(10)15(20)7-11-5-6-13(18)8-14(11)17/h5-6,8,10,12H,3-4,7,9H2,1-2H3/t10-,12+/m0/s1. The number of methoxy groups -OCH3 is 1. The molecule has 1 aromatic rings. The van der Waals surface area contributed by atoms with E-state index in [1.54, 1.807) is 4.90 Å². The summed E-state index contributed by atoms with van der Waals surface area (Å²) in [6.07, 6.45) is 1.56. The van der Waals surface area contributed by atoms with Crippen molar-refractivity contribution in [2.45, 2.75) is 32.2 Å². The van der Waals surface area contributed by atoms with Crippen molar-refractivity contribution in [1.82, 2.24) is 4.90 Å². The third-order valence-electron chi connectivity index (χ3n) is 4.09. The quantitative estimate of drug-likeness (QED) is 0.802. The summed E-state index contributed by atoms with van der Waals surface area (Å²) < 4.78 is 17.8. The second-order valence-corrected chi connectivity index (χ2v) is 6.01. The molecule has 0 aliphatic carbocycles. The van der Waals surface area contributed by atoms with E-state index < -0.39 is 5.82 Å². The van der Waals surface area contributed by atoms with Crippen molar-refractivity contribution >= 4 is 23.5 Å². The molecule has 0 spiro atoms. The smallest absolute Gasteiger partial charge is 0.310 e. The first kappa shape index (κ1) is 16.7. The molecular formula is C16H19ClFNO3. The van der Waals surface area contributed by atoms with Gasteiger partial charge in [-0.05, 0) is 37.5 Å². The Balaban J connectivity index is 2.08. The Morgan fingerprint density at radius 1 is 1.41 bits per heavy atom. The molecule has 1 aromatic carbocycles. The fourth-order valence-electron chi connectivity index (χ4n) is 2.74. The minimum atomic E-state index is -0.432. The average Bonchev–Trinajstić information content (AvgIpc) is 2.49.